The molecule has 32 heavy (non-hydrogen) atoms. The van der Waals surface area contributed by atoms with Gasteiger partial charge in [0.15, 0.2) is 5.69 Å². The molecule has 0 bridgehead atoms. The molecular formula is C20H17F4N3O4S. The SMILES string of the molecule is CCC(C(=O)O)n1nc(-c2ccc(S(N)(=O)=O)cc2)c(-c2ccc(F)cc2)c1C(F)(F)F. The van der Waals surface area contributed by atoms with Gasteiger partial charge in [0.1, 0.15) is 17.6 Å². The topological polar surface area (TPSA) is 115 Å². The maximum absolute atomic E-state index is 14.2. The molecule has 0 aliphatic rings. The van der Waals surface area contributed by atoms with Gasteiger partial charge in [-0.15, -0.1) is 0 Å². The van der Waals surface area contributed by atoms with E-state index in [0.29, 0.717) is 4.68 Å². The van der Waals surface area contributed by atoms with Gasteiger partial charge in [0, 0.05) is 11.1 Å². The largest absolute Gasteiger partial charge is 0.480 e. The number of rotatable bonds is 6. The first-order chi connectivity index (χ1) is 14.8. The molecule has 3 N–H and O–H groups in total. The molecule has 0 aliphatic heterocycles. The van der Waals surface area contributed by atoms with Crippen LogP contribution < -0.4 is 5.14 Å². The number of aromatic nitrogens is 2. The number of nitrogens with zero attached hydrogens (tertiary/aromatic N) is 2. The van der Waals surface area contributed by atoms with Crippen LogP contribution in [0.4, 0.5) is 17.6 Å². The second-order valence-electron chi connectivity index (χ2n) is 6.85. The third-order valence-corrected chi connectivity index (χ3v) is 5.66. The summed E-state index contributed by atoms with van der Waals surface area (Å²) in [6, 6.07) is 7.17. The van der Waals surface area contributed by atoms with Crippen LogP contribution in [0.15, 0.2) is 53.4 Å². The van der Waals surface area contributed by atoms with Crippen LogP contribution >= 0.6 is 0 Å². The van der Waals surface area contributed by atoms with Crippen LogP contribution in [0.2, 0.25) is 0 Å². The quantitative estimate of drug-likeness (QED) is 0.526. The number of primary sulfonamides is 1. The molecule has 0 saturated carbocycles. The maximum atomic E-state index is 14.2. The van der Waals surface area contributed by atoms with Crippen molar-refractivity contribution in [3.05, 3.63) is 60.0 Å². The summed E-state index contributed by atoms with van der Waals surface area (Å²) < 4.78 is 79.3. The van der Waals surface area contributed by atoms with Crippen molar-refractivity contribution in [1.82, 2.24) is 9.78 Å². The summed E-state index contributed by atoms with van der Waals surface area (Å²) in [5, 5.41) is 18.5. The summed E-state index contributed by atoms with van der Waals surface area (Å²) in [6.45, 7) is 1.40. The fourth-order valence-corrected chi connectivity index (χ4v) is 3.79. The van der Waals surface area contributed by atoms with Crippen molar-refractivity contribution >= 4 is 16.0 Å². The Morgan fingerprint density at radius 3 is 2.06 bits per heavy atom. The molecule has 0 saturated heterocycles. The zero-order chi connectivity index (χ0) is 23.8. The van der Waals surface area contributed by atoms with Gasteiger partial charge in [-0.3, -0.25) is 0 Å². The van der Waals surface area contributed by atoms with Crippen molar-refractivity contribution < 1.29 is 35.9 Å². The number of carboxylic acid groups (broad SMARTS) is 1. The molecule has 0 spiro atoms. The molecule has 1 atom stereocenters. The summed E-state index contributed by atoms with van der Waals surface area (Å²) in [6.07, 6.45) is -5.19. The number of hydrogen-bond donors (Lipinski definition) is 2. The Bertz CT molecular complexity index is 1250. The summed E-state index contributed by atoms with van der Waals surface area (Å²) in [4.78, 5) is 11.4. The number of carbonyl (C=O) groups is 1. The summed E-state index contributed by atoms with van der Waals surface area (Å²) in [5.74, 6) is -2.19. The predicted molar refractivity (Wildman–Crippen MR) is 106 cm³/mol. The van der Waals surface area contributed by atoms with Crippen LogP contribution in [0.5, 0.6) is 0 Å². The minimum Gasteiger partial charge on any atom is -0.480 e. The number of alkyl halides is 3. The minimum absolute atomic E-state index is 0.0456. The van der Waals surface area contributed by atoms with E-state index in [1.54, 1.807) is 0 Å². The van der Waals surface area contributed by atoms with Gasteiger partial charge >= 0.3 is 12.1 Å². The molecule has 1 heterocycles. The first kappa shape index (κ1) is 23.4. The molecule has 2 aromatic carbocycles. The zero-order valence-corrected chi connectivity index (χ0v) is 17.3. The normalized spacial score (nSPS) is 13.2. The number of carboxylic acids is 1. The molecule has 7 nitrogen and oxygen atoms in total. The highest BCUT2D eigenvalue weighted by molar-refractivity contribution is 7.89. The van der Waals surface area contributed by atoms with Crippen molar-refractivity contribution in [2.75, 3.05) is 0 Å². The van der Waals surface area contributed by atoms with Crippen LogP contribution in [-0.4, -0.2) is 29.3 Å². The highest BCUT2D eigenvalue weighted by atomic mass is 32.2. The van der Waals surface area contributed by atoms with E-state index in [-0.39, 0.29) is 28.1 Å². The minimum atomic E-state index is -5.00. The van der Waals surface area contributed by atoms with Crippen LogP contribution in [-0.2, 0) is 21.0 Å². The van der Waals surface area contributed by atoms with E-state index in [4.69, 9.17) is 5.14 Å². The standard InChI is InChI=1S/C20H17F4N3O4S/c1-2-15(19(28)29)27-18(20(22,23)24)16(11-3-7-13(21)8-4-11)17(26-27)12-5-9-14(10-6-12)32(25,30)31/h3-10,15H,2H2,1H3,(H,28,29)(H2,25,30,31). The molecule has 0 radical (unpaired) electrons. The number of sulfonamides is 1. The van der Waals surface area contributed by atoms with Gasteiger partial charge in [0.25, 0.3) is 0 Å². The Labute approximate surface area is 180 Å². The molecule has 1 aromatic heterocycles. The Kier molecular flexibility index (Phi) is 6.11. The Morgan fingerprint density at radius 2 is 1.62 bits per heavy atom. The summed E-state index contributed by atoms with van der Waals surface area (Å²) in [5.41, 5.74) is -1.98. The fraction of sp³-hybridized carbons (Fsp3) is 0.200. The van der Waals surface area contributed by atoms with Crippen LogP contribution in [0, 0.1) is 5.82 Å². The lowest BCUT2D eigenvalue weighted by atomic mass is 9.98. The lowest BCUT2D eigenvalue weighted by molar-refractivity contribution is -0.149. The number of benzene rings is 2. The van der Waals surface area contributed by atoms with Crippen LogP contribution in [0.25, 0.3) is 22.4 Å². The Morgan fingerprint density at radius 1 is 1.09 bits per heavy atom. The van der Waals surface area contributed by atoms with E-state index in [1.807, 2.05) is 0 Å². The van der Waals surface area contributed by atoms with E-state index in [1.165, 1.54) is 19.1 Å². The van der Waals surface area contributed by atoms with E-state index in [9.17, 15) is 35.9 Å². The van der Waals surface area contributed by atoms with Gasteiger partial charge in [0.2, 0.25) is 10.0 Å². The molecule has 170 valence electrons. The first-order valence-electron chi connectivity index (χ1n) is 9.16. The highest BCUT2D eigenvalue weighted by Gasteiger charge is 2.43. The molecular weight excluding hydrogens is 454 g/mol. The predicted octanol–water partition coefficient (Wildman–Crippen LogP) is 4.06. The average Bonchev–Trinajstić information content (AvgIpc) is 3.09. The van der Waals surface area contributed by atoms with E-state index in [2.05, 4.69) is 5.10 Å². The highest BCUT2D eigenvalue weighted by Crippen LogP contribution is 2.44. The van der Waals surface area contributed by atoms with Gasteiger partial charge < -0.3 is 5.11 Å². The second-order valence-corrected chi connectivity index (χ2v) is 8.41. The van der Waals surface area contributed by atoms with Crippen LogP contribution in [0.3, 0.4) is 0 Å². The number of nitrogens with two attached hydrogens (primary N) is 1. The number of halogens is 4. The second kappa shape index (κ2) is 8.36. The number of hydrogen-bond acceptors (Lipinski definition) is 4. The first-order valence-corrected chi connectivity index (χ1v) is 10.7. The molecule has 0 amide bonds. The van der Waals surface area contributed by atoms with Crippen molar-refractivity contribution in [1.29, 1.82) is 0 Å². The average molecular weight is 471 g/mol. The Hall–Kier alpha value is -3.25. The third-order valence-electron chi connectivity index (χ3n) is 4.74. The summed E-state index contributed by atoms with van der Waals surface area (Å²) >= 11 is 0. The van der Waals surface area contributed by atoms with Gasteiger partial charge in [-0.05, 0) is 36.2 Å². The fourth-order valence-electron chi connectivity index (χ4n) is 3.28. The zero-order valence-electron chi connectivity index (χ0n) is 16.5. The maximum Gasteiger partial charge on any atom is 0.433 e. The van der Waals surface area contributed by atoms with E-state index >= 15 is 0 Å². The smallest absolute Gasteiger partial charge is 0.433 e. The molecule has 3 rings (SSSR count). The molecule has 12 heteroatoms. The van der Waals surface area contributed by atoms with Crippen molar-refractivity contribution in [2.24, 2.45) is 5.14 Å². The van der Waals surface area contributed by atoms with Crippen molar-refractivity contribution in [3.8, 4) is 22.4 Å². The lowest BCUT2D eigenvalue weighted by Crippen LogP contribution is -2.25. The van der Waals surface area contributed by atoms with Crippen LogP contribution in [0.1, 0.15) is 25.1 Å². The monoisotopic (exact) mass is 471 g/mol. The molecule has 0 fully saturated rings. The summed E-state index contributed by atoms with van der Waals surface area (Å²) in [7, 11) is -4.05. The van der Waals surface area contributed by atoms with Gasteiger partial charge in [-0.2, -0.15) is 18.3 Å². The van der Waals surface area contributed by atoms with Crippen molar-refractivity contribution in [3.63, 3.8) is 0 Å². The third kappa shape index (κ3) is 4.50. The van der Waals surface area contributed by atoms with Gasteiger partial charge in [0.05, 0.1) is 4.90 Å². The van der Waals surface area contributed by atoms with Gasteiger partial charge in [-0.25, -0.2) is 27.4 Å². The number of aliphatic carboxylic acids is 1. The lowest BCUT2D eigenvalue weighted by Gasteiger charge is -2.17. The van der Waals surface area contributed by atoms with E-state index in [0.717, 1.165) is 36.4 Å². The molecule has 3 aromatic rings. The van der Waals surface area contributed by atoms with E-state index < -0.39 is 45.3 Å². The molecule has 0 aliphatic carbocycles. The van der Waals surface area contributed by atoms with Crippen molar-refractivity contribution in [2.45, 2.75) is 30.5 Å². The molecule has 1 unspecified atom stereocenters. The van der Waals surface area contributed by atoms with Gasteiger partial charge in [-0.1, -0.05) is 31.2 Å². The Balaban J connectivity index is 2.38.